The van der Waals surface area contributed by atoms with E-state index in [1.807, 2.05) is 29.2 Å². The topological polar surface area (TPSA) is 44.4 Å². The highest BCUT2D eigenvalue weighted by atomic mass is 32.1. The van der Waals surface area contributed by atoms with E-state index in [2.05, 4.69) is 10.6 Å². The second kappa shape index (κ2) is 5.14. The summed E-state index contributed by atoms with van der Waals surface area (Å²) in [6, 6.07) is 7.71. The molecule has 4 nitrogen and oxygen atoms in total. The van der Waals surface area contributed by atoms with Crippen LogP contribution in [0.2, 0.25) is 0 Å². The predicted octanol–water partition coefficient (Wildman–Crippen LogP) is 1.73. The lowest BCUT2D eigenvalue weighted by atomic mass is 10.2. The van der Waals surface area contributed by atoms with Crippen LogP contribution in [0.3, 0.4) is 0 Å². The molecule has 0 aromatic heterocycles. The van der Waals surface area contributed by atoms with E-state index >= 15 is 0 Å². The van der Waals surface area contributed by atoms with Gasteiger partial charge in [-0.2, -0.15) is 0 Å². The van der Waals surface area contributed by atoms with E-state index < -0.39 is 0 Å². The van der Waals surface area contributed by atoms with Crippen molar-refractivity contribution in [3.63, 3.8) is 0 Å². The summed E-state index contributed by atoms with van der Waals surface area (Å²) in [6.45, 7) is 0.820. The van der Waals surface area contributed by atoms with E-state index in [0.717, 1.165) is 24.3 Å². The number of amides is 1. The van der Waals surface area contributed by atoms with Crippen LogP contribution in [0.5, 0.6) is 0 Å². The fourth-order valence-electron chi connectivity index (χ4n) is 1.84. The Kier molecular flexibility index (Phi) is 3.58. The number of thiocarbonyl (C=S) groups is 1. The number of hydrogen-bond donors (Lipinski definition) is 2. The van der Waals surface area contributed by atoms with E-state index in [0.29, 0.717) is 11.5 Å². The van der Waals surface area contributed by atoms with Crippen LogP contribution in [0.1, 0.15) is 12.8 Å². The third-order valence-electron chi connectivity index (χ3n) is 2.74. The summed E-state index contributed by atoms with van der Waals surface area (Å²) in [4.78, 5) is 13.4. The smallest absolute Gasteiger partial charge is 0.227 e. The third-order valence-corrected chi connectivity index (χ3v) is 3.04. The Bertz CT molecular complexity index is 430. The molecule has 0 atom stereocenters. The van der Waals surface area contributed by atoms with Crippen molar-refractivity contribution in [3.05, 3.63) is 24.3 Å². The van der Waals surface area contributed by atoms with Crippen LogP contribution >= 0.6 is 12.2 Å². The summed E-state index contributed by atoms with van der Waals surface area (Å²) in [5.41, 5.74) is 1.87. The monoisotopic (exact) mass is 249 g/mol. The van der Waals surface area contributed by atoms with Crippen molar-refractivity contribution in [2.24, 2.45) is 0 Å². The molecule has 0 radical (unpaired) electrons. The standard InChI is InChI=1S/C12H15N3OS/c1-13-12(17)14-9-4-6-10(7-5-9)15-8-2-3-11(15)16/h4-7H,2-3,8H2,1H3,(H2,13,14,17). The molecule has 0 unspecified atom stereocenters. The molecule has 0 spiro atoms. The molecule has 2 N–H and O–H groups in total. The minimum absolute atomic E-state index is 0.205. The van der Waals surface area contributed by atoms with E-state index in [-0.39, 0.29) is 5.91 Å². The number of hydrogen-bond acceptors (Lipinski definition) is 2. The molecule has 1 aromatic rings. The average molecular weight is 249 g/mol. The van der Waals surface area contributed by atoms with Crippen LogP contribution in [-0.2, 0) is 4.79 Å². The van der Waals surface area contributed by atoms with Crippen molar-refractivity contribution in [2.45, 2.75) is 12.8 Å². The molecule has 90 valence electrons. The van der Waals surface area contributed by atoms with Gasteiger partial charge in [0.1, 0.15) is 0 Å². The fraction of sp³-hybridized carbons (Fsp3) is 0.333. The van der Waals surface area contributed by atoms with Gasteiger partial charge in [-0.1, -0.05) is 0 Å². The quantitative estimate of drug-likeness (QED) is 0.784. The van der Waals surface area contributed by atoms with Crippen molar-refractivity contribution < 1.29 is 4.79 Å². The summed E-state index contributed by atoms with van der Waals surface area (Å²) in [7, 11) is 1.77. The van der Waals surface area contributed by atoms with Crippen LogP contribution in [-0.4, -0.2) is 24.6 Å². The van der Waals surface area contributed by atoms with E-state index in [1.54, 1.807) is 7.05 Å². The van der Waals surface area contributed by atoms with Gasteiger partial charge in [-0.25, -0.2) is 0 Å². The Morgan fingerprint density at radius 2 is 2.06 bits per heavy atom. The first-order valence-corrected chi connectivity index (χ1v) is 6.00. The Morgan fingerprint density at radius 3 is 2.59 bits per heavy atom. The molecule has 0 aliphatic carbocycles. The molecule has 0 bridgehead atoms. The van der Waals surface area contributed by atoms with Gasteiger partial charge >= 0.3 is 0 Å². The highest BCUT2D eigenvalue weighted by Gasteiger charge is 2.21. The van der Waals surface area contributed by atoms with Crippen molar-refractivity contribution in [2.75, 3.05) is 23.8 Å². The molecule has 1 amide bonds. The van der Waals surface area contributed by atoms with Gasteiger partial charge < -0.3 is 15.5 Å². The minimum atomic E-state index is 0.205. The zero-order chi connectivity index (χ0) is 12.3. The van der Waals surface area contributed by atoms with E-state index in [1.165, 1.54) is 0 Å². The van der Waals surface area contributed by atoms with Gasteiger partial charge in [0, 0.05) is 31.4 Å². The van der Waals surface area contributed by atoms with E-state index in [4.69, 9.17) is 12.2 Å². The van der Waals surface area contributed by atoms with Crippen molar-refractivity contribution in [3.8, 4) is 0 Å². The second-order valence-corrected chi connectivity index (χ2v) is 4.31. The first-order valence-electron chi connectivity index (χ1n) is 5.60. The first-order chi connectivity index (χ1) is 8.20. The molecule has 1 aromatic carbocycles. The highest BCUT2D eigenvalue weighted by Crippen LogP contribution is 2.22. The number of carbonyl (C=O) groups is 1. The summed E-state index contributed by atoms with van der Waals surface area (Å²) < 4.78 is 0. The molecule has 1 fully saturated rings. The third kappa shape index (κ3) is 2.74. The van der Waals surface area contributed by atoms with Crippen LogP contribution in [0.4, 0.5) is 11.4 Å². The highest BCUT2D eigenvalue weighted by molar-refractivity contribution is 7.80. The molecular formula is C12H15N3OS. The Labute approximate surface area is 106 Å². The largest absolute Gasteiger partial charge is 0.366 e. The number of rotatable bonds is 2. The molecule has 5 heteroatoms. The predicted molar refractivity (Wildman–Crippen MR) is 73.3 cm³/mol. The molecule has 1 heterocycles. The normalized spacial score (nSPS) is 14.9. The van der Waals surface area contributed by atoms with Crippen molar-refractivity contribution >= 4 is 34.6 Å². The molecule has 0 saturated carbocycles. The zero-order valence-corrected chi connectivity index (χ0v) is 10.5. The van der Waals surface area contributed by atoms with Gasteiger partial charge in [0.05, 0.1) is 0 Å². The number of nitrogens with one attached hydrogen (secondary N) is 2. The van der Waals surface area contributed by atoms with Gasteiger partial charge in [0.2, 0.25) is 5.91 Å². The van der Waals surface area contributed by atoms with Gasteiger partial charge in [-0.05, 0) is 42.9 Å². The lowest BCUT2D eigenvalue weighted by Gasteiger charge is -2.16. The van der Waals surface area contributed by atoms with Gasteiger partial charge in [-0.15, -0.1) is 0 Å². The van der Waals surface area contributed by atoms with Crippen LogP contribution in [0.25, 0.3) is 0 Å². The lowest BCUT2D eigenvalue weighted by molar-refractivity contribution is -0.117. The number of benzene rings is 1. The second-order valence-electron chi connectivity index (χ2n) is 3.90. The maximum Gasteiger partial charge on any atom is 0.227 e. The average Bonchev–Trinajstić information content (AvgIpc) is 2.76. The number of carbonyl (C=O) groups excluding carboxylic acids is 1. The SMILES string of the molecule is CNC(=S)Nc1ccc(N2CCCC2=O)cc1. The summed E-state index contributed by atoms with van der Waals surface area (Å²) in [6.07, 6.45) is 1.60. The van der Waals surface area contributed by atoms with Gasteiger partial charge in [0.25, 0.3) is 0 Å². The van der Waals surface area contributed by atoms with Gasteiger partial charge in [0.15, 0.2) is 5.11 Å². The summed E-state index contributed by atoms with van der Waals surface area (Å²) in [5.74, 6) is 0.205. The van der Waals surface area contributed by atoms with Crippen molar-refractivity contribution in [1.29, 1.82) is 0 Å². The lowest BCUT2D eigenvalue weighted by Crippen LogP contribution is -2.25. The molecule has 1 aliphatic rings. The number of anilines is 2. The van der Waals surface area contributed by atoms with Crippen molar-refractivity contribution in [1.82, 2.24) is 5.32 Å². The maximum atomic E-state index is 11.6. The van der Waals surface area contributed by atoms with Crippen LogP contribution in [0.15, 0.2) is 24.3 Å². The Morgan fingerprint density at radius 1 is 1.35 bits per heavy atom. The molecule has 1 saturated heterocycles. The molecular weight excluding hydrogens is 234 g/mol. The molecule has 1 aliphatic heterocycles. The Balaban J connectivity index is 2.07. The summed E-state index contributed by atoms with van der Waals surface area (Å²) in [5, 5.41) is 6.46. The minimum Gasteiger partial charge on any atom is -0.366 e. The molecule has 17 heavy (non-hydrogen) atoms. The molecule has 2 rings (SSSR count). The maximum absolute atomic E-state index is 11.6. The van der Waals surface area contributed by atoms with Crippen LogP contribution in [0, 0.1) is 0 Å². The fourth-order valence-corrected chi connectivity index (χ4v) is 1.96. The van der Waals surface area contributed by atoms with Crippen LogP contribution < -0.4 is 15.5 Å². The van der Waals surface area contributed by atoms with Gasteiger partial charge in [-0.3, -0.25) is 4.79 Å². The van der Waals surface area contributed by atoms with E-state index in [9.17, 15) is 4.79 Å². The zero-order valence-electron chi connectivity index (χ0n) is 9.69. The first kappa shape index (κ1) is 11.9. The number of nitrogens with zero attached hydrogens (tertiary/aromatic N) is 1. The summed E-state index contributed by atoms with van der Waals surface area (Å²) >= 11 is 5.01. The Hall–Kier alpha value is -1.62.